The van der Waals surface area contributed by atoms with Crippen molar-refractivity contribution in [3.8, 4) is 0 Å². The number of piperidine rings is 1. The lowest BCUT2D eigenvalue weighted by Crippen LogP contribution is -2.57. The molecule has 4 heterocycles. The molecule has 0 aromatic carbocycles. The number of hydrogen-bond donors (Lipinski definition) is 3. The van der Waals surface area contributed by atoms with Crippen LogP contribution in [0.4, 0.5) is 0 Å². The van der Waals surface area contributed by atoms with Crippen LogP contribution in [0.25, 0.3) is 0 Å². The van der Waals surface area contributed by atoms with Crippen LogP contribution in [0.1, 0.15) is 25.7 Å². The van der Waals surface area contributed by atoms with Gasteiger partial charge in [0.2, 0.25) is 0 Å². The van der Waals surface area contributed by atoms with E-state index in [-0.39, 0.29) is 12.4 Å². The number of rotatable bonds is 3. The fraction of sp³-hybridized carbons (Fsp3) is 1.00. The highest BCUT2D eigenvalue weighted by Crippen LogP contribution is 2.26. The molecule has 5 unspecified atom stereocenters. The molecule has 4 rings (SSSR count). The van der Waals surface area contributed by atoms with Gasteiger partial charge >= 0.3 is 0 Å². The van der Waals surface area contributed by atoms with Crippen molar-refractivity contribution in [3.05, 3.63) is 0 Å². The average Bonchev–Trinajstić information content (AvgIpc) is 3.24. The second-order valence-electron chi connectivity index (χ2n) is 7.39. The fourth-order valence-corrected chi connectivity index (χ4v) is 4.53. The zero-order valence-electron chi connectivity index (χ0n) is 14.2. The molecule has 7 heteroatoms. The Morgan fingerprint density at radius 1 is 1.09 bits per heavy atom. The molecule has 0 saturated carbocycles. The number of ether oxygens (including phenoxy) is 1. The third kappa shape index (κ3) is 3.56. The van der Waals surface area contributed by atoms with Crippen molar-refractivity contribution in [2.24, 2.45) is 5.92 Å². The molecule has 7 nitrogen and oxygen atoms in total. The molecule has 5 atom stereocenters. The Bertz CT molecular complexity index is 393. The van der Waals surface area contributed by atoms with Crippen LogP contribution < -0.4 is 16.1 Å². The number of morpholine rings is 1. The molecular formula is C16H31N5O2. The topological polar surface area (TPSA) is 61.0 Å². The average molecular weight is 325 g/mol. The third-order valence-electron chi connectivity index (χ3n) is 5.97. The summed E-state index contributed by atoms with van der Waals surface area (Å²) in [5.41, 5.74) is 3.29. The first-order chi connectivity index (χ1) is 11.3. The van der Waals surface area contributed by atoms with Gasteiger partial charge in [0, 0.05) is 13.1 Å². The Balaban J connectivity index is 1.31. The first-order valence-electron chi connectivity index (χ1n) is 9.24. The predicted molar refractivity (Wildman–Crippen MR) is 87.5 cm³/mol. The number of nitrogens with zero attached hydrogens (tertiary/aromatic N) is 2. The van der Waals surface area contributed by atoms with Crippen molar-refractivity contribution in [2.45, 2.75) is 50.3 Å². The van der Waals surface area contributed by atoms with Crippen LogP contribution >= 0.6 is 0 Å². The number of hydroxylamine groups is 1. The summed E-state index contributed by atoms with van der Waals surface area (Å²) in [4.78, 5) is 10.8. The van der Waals surface area contributed by atoms with E-state index in [1.54, 1.807) is 0 Å². The number of likely N-dealkylation sites (N-methyl/N-ethyl adjacent to an activating group) is 1. The van der Waals surface area contributed by atoms with Gasteiger partial charge in [-0.15, -0.1) is 0 Å². The summed E-state index contributed by atoms with van der Waals surface area (Å²) in [6, 6.07) is 0.504. The lowest BCUT2D eigenvalue weighted by molar-refractivity contribution is -0.0248. The molecule has 0 aliphatic carbocycles. The van der Waals surface area contributed by atoms with Crippen molar-refractivity contribution in [1.82, 2.24) is 25.9 Å². The molecule has 4 aliphatic rings. The second-order valence-corrected chi connectivity index (χ2v) is 7.39. The Morgan fingerprint density at radius 2 is 1.96 bits per heavy atom. The fourth-order valence-electron chi connectivity index (χ4n) is 4.53. The minimum absolute atomic E-state index is 0.129. The van der Waals surface area contributed by atoms with Gasteiger partial charge in [0.05, 0.1) is 31.6 Å². The predicted octanol–water partition coefficient (Wildman–Crippen LogP) is -0.485. The van der Waals surface area contributed by atoms with Crippen molar-refractivity contribution >= 4 is 0 Å². The van der Waals surface area contributed by atoms with Crippen LogP contribution in [0.5, 0.6) is 0 Å². The van der Waals surface area contributed by atoms with Crippen molar-refractivity contribution in [1.29, 1.82) is 0 Å². The van der Waals surface area contributed by atoms with Crippen LogP contribution in [-0.4, -0.2) is 80.8 Å². The van der Waals surface area contributed by atoms with E-state index in [1.165, 1.54) is 32.2 Å². The van der Waals surface area contributed by atoms with Gasteiger partial charge in [-0.25, -0.2) is 0 Å². The first kappa shape index (κ1) is 16.2. The van der Waals surface area contributed by atoms with Crippen molar-refractivity contribution < 1.29 is 9.57 Å². The molecule has 3 N–H and O–H groups in total. The summed E-state index contributed by atoms with van der Waals surface area (Å²) in [5.74, 6) is 0.612. The SMILES string of the molecule is CN1CCCC1C1NC(C2CCNC(N3CCOCC3)C2)NO1. The van der Waals surface area contributed by atoms with Crippen LogP contribution in [0.15, 0.2) is 0 Å². The van der Waals surface area contributed by atoms with Gasteiger partial charge in [0.25, 0.3) is 0 Å². The Labute approximate surface area is 139 Å². The summed E-state index contributed by atoms with van der Waals surface area (Å²) in [5, 5.41) is 7.39. The molecule has 4 saturated heterocycles. The summed E-state index contributed by atoms with van der Waals surface area (Å²) in [6.07, 6.45) is 5.76. The van der Waals surface area contributed by atoms with E-state index in [0.717, 1.165) is 32.8 Å². The van der Waals surface area contributed by atoms with Gasteiger partial charge in [-0.05, 0) is 51.7 Å². The lowest BCUT2D eigenvalue weighted by atomic mass is 9.92. The van der Waals surface area contributed by atoms with Gasteiger partial charge in [-0.1, -0.05) is 0 Å². The van der Waals surface area contributed by atoms with E-state index in [0.29, 0.717) is 18.1 Å². The highest BCUT2D eigenvalue weighted by atomic mass is 16.7. The summed E-state index contributed by atoms with van der Waals surface area (Å²) < 4.78 is 5.48. The van der Waals surface area contributed by atoms with E-state index in [1.807, 2.05) is 0 Å². The largest absolute Gasteiger partial charge is 0.379 e. The molecule has 23 heavy (non-hydrogen) atoms. The minimum Gasteiger partial charge on any atom is -0.379 e. The quantitative estimate of drug-likeness (QED) is 0.648. The maximum absolute atomic E-state index is 5.90. The molecule has 132 valence electrons. The van der Waals surface area contributed by atoms with Crippen molar-refractivity contribution in [3.63, 3.8) is 0 Å². The highest BCUT2D eigenvalue weighted by molar-refractivity contribution is 4.91. The van der Waals surface area contributed by atoms with Crippen LogP contribution in [0.3, 0.4) is 0 Å². The van der Waals surface area contributed by atoms with Crippen LogP contribution in [0.2, 0.25) is 0 Å². The van der Waals surface area contributed by atoms with Gasteiger partial charge in [-0.2, -0.15) is 5.48 Å². The molecular weight excluding hydrogens is 294 g/mol. The summed E-state index contributed by atoms with van der Waals surface area (Å²) in [7, 11) is 2.20. The molecule has 0 bridgehead atoms. The van der Waals surface area contributed by atoms with Crippen LogP contribution in [0, 0.1) is 5.92 Å². The van der Waals surface area contributed by atoms with Gasteiger partial charge in [0.1, 0.15) is 6.23 Å². The normalized spacial score (nSPS) is 44.0. The maximum Gasteiger partial charge on any atom is 0.146 e. The van der Waals surface area contributed by atoms with Gasteiger partial charge in [0.15, 0.2) is 0 Å². The molecule has 0 spiro atoms. The van der Waals surface area contributed by atoms with Gasteiger partial charge in [-0.3, -0.25) is 20.0 Å². The van der Waals surface area contributed by atoms with E-state index < -0.39 is 0 Å². The number of likely N-dealkylation sites (tertiary alicyclic amines) is 1. The smallest absolute Gasteiger partial charge is 0.146 e. The molecule has 4 aliphatic heterocycles. The Hall–Kier alpha value is -0.280. The Morgan fingerprint density at radius 3 is 2.74 bits per heavy atom. The Kier molecular flexibility index (Phi) is 5.15. The van der Waals surface area contributed by atoms with E-state index in [2.05, 4.69) is 33.0 Å². The molecule has 0 amide bonds. The zero-order chi connectivity index (χ0) is 15.6. The molecule has 4 fully saturated rings. The standard InChI is InChI=1S/C16H31N5O2/c1-20-6-2-3-13(20)16-18-15(19-23-16)12-4-5-17-14(11-12)21-7-9-22-10-8-21/h12-19H,2-11H2,1H3. The van der Waals surface area contributed by atoms with E-state index in [4.69, 9.17) is 9.57 Å². The number of hydrogen-bond acceptors (Lipinski definition) is 7. The maximum atomic E-state index is 5.90. The third-order valence-corrected chi connectivity index (χ3v) is 5.97. The van der Waals surface area contributed by atoms with E-state index >= 15 is 0 Å². The molecule has 0 aromatic rings. The minimum atomic E-state index is 0.129. The van der Waals surface area contributed by atoms with Crippen LogP contribution in [-0.2, 0) is 9.57 Å². The zero-order valence-corrected chi connectivity index (χ0v) is 14.2. The molecule has 0 radical (unpaired) electrons. The van der Waals surface area contributed by atoms with Crippen molar-refractivity contribution in [2.75, 3.05) is 46.4 Å². The molecule has 0 aromatic heterocycles. The van der Waals surface area contributed by atoms with E-state index in [9.17, 15) is 0 Å². The number of nitrogens with one attached hydrogen (secondary N) is 3. The second kappa shape index (κ2) is 7.31. The summed E-state index contributed by atoms with van der Waals surface area (Å²) >= 11 is 0. The summed E-state index contributed by atoms with van der Waals surface area (Å²) in [6.45, 7) is 6.08. The van der Waals surface area contributed by atoms with Gasteiger partial charge < -0.3 is 10.1 Å². The lowest BCUT2D eigenvalue weighted by Gasteiger charge is -2.41. The monoisotopic (exact) mass is 325 g/mol. The highest BCUT2D eigenvalue weighted by Gasteiger charge is 2.40. The first-order valence-corrected chi connectivity index (χ1v) is 9.24.